The number of nitrogens with two attached hydrogens (primary N) is 1. The van der Waals surface area contributed by atoms with Crippen molar-refractivity contribution in [1.29, 1.82) is 0 Å². The number of alkyl halides is 3. The Morgan fingerprint density at radius 2 is 2.15 bits per heavy atom. The van der Waals surface area contributed by atoms with E-state index in [4.69, 9.17) is 5.73 Å². The van der Waals surface area contributed by atoms with Gasteiger partial charge in [0.2, 0.25) is 0 Å². The van der Waals surface area contributed by atoms with E-state index < -0.39 is 11.7 Å². The van der Waals surface area contributed by atoms with E-state index in [1.54, 1.807) is 6.08 Å². The van der Waals surface area contributed by atoms with Crippen LogP contribution in [0.15, 0.2) is 23.3 Å². The Bertz CT molecular complexity index is 250. The van der Waals surface area contributed by atoms with Gasteiger partial charge in [-0.05, 0) is 31.4 Å². The van der Waals surface area contributed by atoms with Gasteiger partial charge in [0.1, 0.15) is 0 Å². The number of rotatable bonds is 1. The molecule has 0 aromatic heterocycles. The molecule has 0 amide bonds. The smallest absolute Gasteiger partial charge is 0.330 e. The van der Waals surface area contributed by atoms with E-state index in [1.165, 1.54) is 13.0 Å². The molecular weight excluding hydrogens is 179 g/mol. The SMILES string of the molecule is CC1=CCC(CN)C=C1C(F)(F)F. The van der Waals surface area contributed by atoms with Crippen LogP contribution in [0.1, 0.15) is 13.3 Å². The van der Waals surface area contributed by atoms with Crippen molar-refractivity contribution in [3.63, 3.8) is 0 Å². The molecule has 0 bridgehead atoms. The average molecular weight is 191 g/mol. The van der Waals surface area contributed by atoms with Gasteiger partial charge in [0.15, 0.2) is 0 Å². The molecule has 1 aliphatic carbocycles. The Kier molecular flexibility index (Phi) is 2.81. The highest BCUT2D eigenvalue weighted by Crippen LogP contribution is 2.35. The first-order valence-corrected chi connectivity index (χ1v) is 4.11. The second kappa shape index (κ2) is 3.54. The molecule has 1 unspecified atom stereocenters. The van der Waals surface area contributed by atoms with Crippen molar-refractivity contribution in [3.05, 3.63) is 23.3 Å². The maximum absolute atomic E-state index is 12.4. The average Bonchev–Trinajstić information content (AvgIpc) is 2.03. The first-order chi connectivity index (χ1) is 5.95. The quantitative estimate of drug-likeness (QED) is 0.676. The molecule has 0 saturated heterocycles. The highest BCUT2D eigenvalue weighted by atomic mass is 19.4. The summed E-state index contributed by atoms with van der Waals surface area (Å²) in [4.78, 5) is 0. The highest BCUT2D eigenvalue weighted by Gasteiger charge is 2.35. The van der Waals surface area contributed by atoms with E-state index in [-0.39, 0.29) is 12.5 Å². The van der Waals surface area contributed by atoms with Crippen LogP contribution in [0.3, 0.4) is 0 Å². The minimum absolute atomic E-state index is 0.166. The Morgan fingerprint density at radius 3 is 2.62 bits per heavy atom. The van der Waals surface area contributed by atoms with Gasteiger partial charge < -0.3 is 5.73 Å². The fourth-order valence-corrected chi connectivity index (χ4v) is 1.36. The summed E-state index contributed by atoms with van der Waals surface area (Å²) in [5, 5.41) is 0. The molecule has 1 atom stereocenters. The Morgan fingerprint density at radius 1 is 1.54 bits per heavy atom. The van der Waals surface area contributed by atoms with Crippen molar-refractivity contribution in [1.82, 2.24) is 0 Å². The summed E-state index contributed by atoms with van der Waals surface area (Å²) >= 11 is 0. The number of hydrogen-bond acceptors (Lipinski definition) is 1. The molecule has 1 aliphatic rings. The summed E-state index contributed by atoms with van der Waals surface area (Å²) in [6.45, 7) is 1.75. The van der Waals surface area contributed by atoms with Crippen molar-refractivity contribution in [3.8, 4) is 0 Å². The largest absolute Gasteiger partial charge is 0.416 e. The zero-order valence-corrected chi connectivity index (χ0v) is 7.36. The van der Waals surface area contributed by atoms with Crippen LogP contribution in [0.25, 0.3) is 0 Å². The Labute approximate surface area is 75.1 Å². The van der Waals surface area contributed by atoms with Gasteiger partial charge in [-0.3, -0.25) is 0 Å². The first-order valence-electron chi connectivity index (χ1n) is 4.11. The maximum Gasteiger partial charge on any atom is 0.416 e. The third-order valence-corrected chi connectivity index (χ3v) is 2.16. The summed E-state index contributed by atoms with van der Waals surface area (Å²) in [6.07, 6.45) is -0.800. The number of allylic oxidation sites excluding steroid dienone is 3. The molecule has 0 aliphatic heterocycles. The summed E-state index contributed by atoms with van der Waals surface area (Å²) in [5.41, 5.74) is 5.08. The van der Waals surface area contributed by atoms with Crippen LogP contribution in [-0.2, 0) is 0 Å². The number of hydrogen-bond donors (Lipinski definition) is 1. The Hall–Kier alpha value is -0.770. The second-order valence-corrected chi connectivity index (χ2v) is 3.20. The van der Waals surface area contributed by atoms with E-state index in [1.807, 2.05) is 0 Å². The van der Waals surface area contributed by atoms with Gasteiger partial charge in [-0.1, -0.05) is 12.2 Å². The minimum atomic E-state index is -4.24. The summed E-state index contributed by atoms with van der Waals surface area (Å²) in [7, 11) is 0. The van der Waals surface area contributed by atoms with E-state index in [2.05, 4.69) is 0 Å². The third-order valence-electron chi connectivity index (χ3n) is 2.16. The molecule has 0 heterocycles. The van der Waals surface area contributed by atoms with Crippen molar-refractivity contribution in [2.75, 3.05) is 6.54 Å². The molecule has 0 saturated carbocycles. The number of halogens is 3. The normalized spacial score (nSPS) is 23.9. The summed E-state index contributed by atoms with van der Waals surface area (Å²) in [6, 6.07) is 0. The lowest BCUT2D eigenvalue weighted by Crippen LogP contribution is -2.21. The van der Waals surface area contributed by atoms with Gasteiger partial charge in [0, 0.05) is 0 Å². The van der Waals surface area contributed by atoms with Crippen molar-refractivity contribution in [2.24, 2.45) is 11.7 Å². The molecule has 13 heavy (non-hydrogen) atoms. The van der Waals surface area contributed by atoms with Crippen LogP contribution in [0.2, 0.25) is 0 Å². The van der Waals surface area contributed by atoms with Crippen molar-refractivity contribution < 1.29 is 13.2 Å². The molecule has 1 rings (SSSR count). The molecule has 74 valence electrons. The van der Waals surface area contributed by atoms with E-state index in [0.29, 0.717) is 12.0 Å². The van der Waals surface area contributed by atoms with E-state index in [9.17, 15) is 13.2 Å². The fourth-order valence-electron chi connectivity index (χ4n) is 1.36. The summed E-state index contributed by atoms with van der Waals surface area (Å²) in [5.74, 6) is -0.166. The third kappa shape index (κ3) is 2.34. The highest BCUT2D eigenvalue weighted by molar-refractivity contribution is 5.36. The first kappa shape index (κ1) is 10.3. The Balaban J connectivity index is 2.91. The summed E-state index contributed by atoms with van der Waals surface area (Å²) < 4.78 is 37.1. The van der Waals surface area contributed by atoms with Gasteiger partial charge in [-0.2, -0.15) is 13.2 Å². The van der Waals surface area contributed by atoms with E-state index in [0.717, 1.165) is 0 Å². The minimum Gasteiger partial charge on any atom is -0.330 e. The molecule has 4 heteroatoms. The second-order valence-electron chi connectivity index (χ2n) is 3.20. The lowest BCUT2D eigenvalue weighted by Gasteiger charge is -2.20. The molecule has 0 spiro atoms. The van der Waals surface area contributed by atoms with Crippen LogP contribution < -0.4 is 5.73 Å². The van der Waals surface area contributed by atoms with Crippen molar-refractivity contribution in [2.45, 2.75) is 19.5 Å². The molecule has 1 nitrogen and oxygen atoms in total. The zero-order chi connectivity index (χ0) is 10.1. The monoisotopic (exact) mass is 191 g/mol. The molecule has 0 aromatic rings. The van der Waals surface area contributed by atoms with Crippen LogP contribution in [0, 0.1) is 5.92 Å². The molecule has 0 aromatic carbocycles. The van der Waals surface area contributed by atoms with Gasteiger partial charge in [0.25, 0.3) is 0 Å². The van der Waals surface area contributed by atoms with E-state index >= 15 is 0 Å². The standard InChI is InChI=1S/C9H12F3N/c1-6-2-3-7(5-13)4-8(6)9(10,11)12/h2,4,7H,3,5,13H2,1H3. The van der Waals surface area contributed by atoms with Gasteiger partial charge in [-0.15, -0.1) is 0 Å². The van der Waals surface area contributed by atoms with Crippen LogP contribution in [-0.4, -0.2) is 12.7 Å². The van der Waals surface area contributed by atoms with Gasteiger partial charge >= 0.3 is 6.18 Å². The lowest BCUT2D eigenvalue weighted by molar-refractivity contribution is -0.0900. The topological polar surface area (TPSA) is 26.0 Å². The molecule has 2 N–H and O–H groups in total. The fraction of sp³-hybridized carbons (Fsp3) is 0.556. The van der Waals surface area contributed by atoms with Crippen LogP contribution >= 0.6 is 0 Å². The molecule has 0 radical (unpaired) electrons. The zero-order valence-electron chi connectivity index (χ0n) is 7.36. The predicted octanol–water partition coefficient (Wildman–Crippen LogP) is 2.40. The van der Waals surface area contributed by atoms with Gasteiger partial charge in [0.05, 0.1) is 5.57 Å². The molecular formula is C9H12F3N. The van der Waals surface area contributed by atoms with Crippen LogP contribution in [0.4, 0.5) is 13.2 Å². The lowest BCUT2D eigenvalue weighted by atomic mass is 9.91. The van der Waals surface area contributed by atoms with Gasteiger partial charge in [-0.25, -0.2) is 0 Å². The van der Waals surface area contributed by atoms with Crippen LogP contribution in [0.5, 0.6) is 0 Å². The maximum atomic E-state index is 12.4. The molecule has 0 fully saturated rings. The predicted molar refractivity (Wildman–Crippen MR) is 45.1 cm³/mol. The van der Waals surface area contributed by atoms with Crippen molar-refractivity contribution >= 4 is 0 Å².